The van der Waals surface area contributed by atoms with Crippen molar-refractivity contribution in [1.29, 1.82) is 0 Å². The lowest BCUT2D eigenvalue weighted by molar-refractivity contribution is 0.105. The van der Waals surface area contributed by atoms with E-state index in [0.717, 1.165) is 130 Å². The summed E-state index contributed by atoms with van der Waals surface area (Å²) in [5.41, 5.74) is 15.8. The van der Waals surface area contributed by atoms with Gasteiger partial charge in [-0.05, 0) is 95.0 Å². The third kappa shape index (κ3) is 8.95. The fourth-order valence-corrected chi connectivity index (χ4v) is 8.98. The van der Waals surface area contributed by atoms with Crippen molar-refractivity contribution in [2.24, 2.45) is 9.98 Å². The average molecular weight is 933 g/mol. The number of unbranched alkanes of at least 4 members (excludes halogenated alkanes) is 2. The molecule has 3 aliphatic rings. The molecule has 1 saturated heterocycles. The summed E-state index contributed by atoms with van der Waals surface area (Å²) in [7, 11) is 4.35. The minimum absolute atomic E-state index is 0.619. The van der Waals surface area contributed by atoms with Gasteiger partial charge < -0.3 is 19.8 Å². The second-order valence-electron chi connectivity index (χ2n) is 15.7. The van der Waals surface area contributed by atoms with E-state index in [1.54, 1.807) is 0 Å². The molecule has 0 amide bonds. The third-order valence-corrected chi connectivity index (χ3v) is 12.4. The molecule has 5 heterocycles. The van der Waals surface area contributed by atoms with Gasteiger partial charge in [0.05, 0.1) is 58.1 Å². The number of halogens is 2. The summed E-state index contributed by atoms with van der Waals surface area (Å²) in [6.45, 7) is 15.0. The van der Waals surface area contributed by atoms with Gasteiger partial charge in [-0.3, -0.25) is 20.6 Å². The topological polar surface area (TPSA) is 105 Å². The number of benzene rings is 4. The first-order valence-corrected chi connectivity index (χ1v) is 22.3. The van der Waals surface area contributed by atoms with Gasteiger partial charge >= 0.3 is 0 Å². The number of rotatable bonds is 14. The SMILES string of the molecule is C=C1N=c2ccc(Br)cc2=C1c1[nH]c2ccccc2c1NOCCCCC.C=C1N=c2ccc(Br)cc2=C1c1[nH]c2ccccc2c1NOCCN1CCC(N(C)C)CC1. The molecule has 1 fully saturated rings. The number of aromatic nitrogens is 2. The molecule has 0 bridgehead atoms. The highest BCUT2D eigenvalue weighted by atomic mass is 79.9. The van der Waals surface area contributed by atoms with Crippen molar-refractivity contribution in [1.82, 2.24) is 19.8 Å². The highest BCUT2D eigenvalue weighted by Gasteiger charge is 2.24. The van der Waals surface area contributed by atoms with Gasteiger partial charge in [-0.25, -0.2) is 9.98 Å². The Bertz CT molecular complexity index is 2820. The number of hydrogen-bond donors (Lipinski definition) is 4. The van der Waals surface area contributed by atoms with Crippen molar-refractivity contribution in [3.8, 4) is 0 Å². The van der Waals surface area contributed by atoms with Crippen molar-refractivity contribution in [3.63, 3.8) is 0 Å². The number of para-hydroxylation sites is 2. The predicted octanol–water partition coefficient (Wildman–Crippen LogP) is 8.46. The van der Waals surface area contributed by atoms with Gasteiger partial charge in [-0.15, -0.1) is 0 Å². The summed E-state index contributed by atoms with van der Waals surface area (Å²) < 4.78 is 2.04. The number of anilines is 2. The maximum atomic E-state index is 6.01. The predicted molar refractivity (Wildman–Crippen MR) is 252 cm³/mol. The van der Waals surface area contributed by atoms with Crippen LogP contribution in [0.15, 0.2) is 128 Å². The molecule has 0 radical (unpaired) electrons. The van der Waals surface area contributed by atoms with Crippen LogP contribution in [0.5, 0.6) is 0 Å². The van der Waals surface area contributed by atoms with Gasteiger partial charge in [-0.2, -0.15) is 0 Å². The van der Waals surface area contributed by atoms with Crippen LogP contribution in [0.3, 0.4) is 0 Å². The number of piperidine rings is 1. The van der Waals surface area contributed by atoms with Crippen molar-refractivity contribution in [2.45, 2.75) is 45.1 Å². The van der Waals surface area contributed by atoms with E-state index in [9.17, 15) is 0 Å². The highest BCUT2D eigenvalue weighted by molar-refractivity contribution is 9.10. The molecular formula is C48H52Br2N8O2. The largest absolute Gasteiger partial charge is 0.353 e. The van der Waals surface area contributed by atoms with Crippen LogP contribution in [0.2, 0.25) is 0 Å². The summed E-state index contributed by atoms with van der Waals surface area (Å²) >= 11 is 7.16. The van der Waals surface area contributed by atoms with E-state index < -0.39 is 0 Å². The molecule has 3 aliphatic heterocycles. The van der Waals surface area contributed by atoms with E-state index >= 15 is 0 Å². The Morgan fingerprint density at radius 2 is 1.22 bits per heavy atom. The molecule has 4 N–H and O–H groups in total. The Labute approximate surface area is 367 Å². The normalized spacial score (nSPS) is 15.3. The van der Waals surface area contributed by atoms with Crippen LogP contribution >= 0.6 is 31.9 Å². The Morgan fingerprint density at radius 3 is 1.72 bits per heavy atom. The second kappa shape index (κ2) is 18.8. The molecule has 0 spiro atoms. The van der Waals surface area contributed by atoms with E-state index in [4.69, 9.17) is 9.68 Å². The van der Waals surface area contributed by atoms with Crippen molar-refractivity contribution in [2.75, 3.05) is 57.9 Å². The molecule has 310 valence electrons. The Balaban J connectivity index is 0.000000170. The van der Waals surface area contributed by atoms with Crippen LogP contribution in [-0.4, -0.2) is 72.8 Å². The fourth-order valence-electron chi connectivity index (χ4n) is 8.26. The number of likely N-dealkylation sites (tertiary alicyclic amines) is 1. The van der Waals surface area contributed by atoms with Crippen molar-refractivity contribution < 1.29 is 9.68 Å². The lowest BCUT2D eigenvalue weighted by Crippen LogP contribution is -2.43. The number of H-pyrrole nitrogens is 2. The zero-order valence-corrected chi connectivity index (χ0v) is 37.7. The van der Waals surface area contributed by atoms with Gasteiger partial charge in [0.15, 0.2) is 0 Å². The quantitative estimate of drug-likeness (QED) is 0.0646. The molecule has 0 unspecified atom stereocenters. The lowest BCUT2D eigenvalue weighted by Gasteiger charge is -2.35. The van der Waals surface area contributed by atoms with Crippen molar-refractivity contribution >= 4 is 76.2 Å². The molecular weight excluding hydrogens is 880 g/mol. The minimum atomic E-state index is 0.619. The summed E-state index contributed by atoms with van der Waals surface area (Å²) in [5, 5.41) is 6.18. The zero-order valence-electron chi connectivity index (χ0n) is 34.5. The highest BCUT2D eigenvalue weighted by Crippen LogP contribution is 2.36. The maximum Gasteiger partial charge on any atom is 0.0939 e. The Hall–Kier alpha value is -4.82. The van der Waals surface area contributed by atoms with E-state index in [-0.39, 0.29) is 0 Å². The maximum absolute atomic E-state index is 6.01. The Kier molecular flexibility index (Phi) is 13.2. The number of allylic oxidation sites excluding steroid dienone is 2. The molecule has 0 aliphatic carbocycles. The third-order valence-electron chi connectivity index (χ3n) is 11.5. The van der Waals surface area contributed by atoms with Crippen LogP contribution in [0.1, 0.15) is 50.4 Å². The van der Waals surface area contributed by atoms with Crippen LogP contribution in [0.4, 0.5) is 11.4 Å². The summed E-state index contributed by atoms with van der Waals surface area (Å²) in [6, 6.07) is 29.4. The minimum Gasteiger partial charge on any atom is -0.353 e. The van der Waals surface area contributed by atoms with Crippen LogP contribution in [0, 0.1) is 0 Å². The smallest absolute Gasteiger partial charge is 0.0939 e. The van der Waals surface area contributed by atoms with E-state index in [1.165, 1.54) is 19.3 Å². The monoisotopic (exact) mass is 930 g/mol. The van der Waals surface area contributed by atoms with E-state index in [1.807, 2.05) is 48.5 Å². The first-order valence-electron chi connectivity index (χ1n) is 20.7. The zero-order chi connectivity index (χ0) is 41.8. The Morgan fingerprint density at radius 1 is 0.717 bits per heavy atom. The summed E-state index contributed by atoms with van der Waals surface area (Å²) in [5.74, 6) is 0. The van der Waals surface area contributed by atoms with Crippen molar-refractivity contribution in [3.05, 3.63) is 151 Å². The second-order valence-corrected chi connectivity index (χ2v) is 17.5. The van der Waals surface area contributed by atoms with Crippen LogP contribution < -0.4 is 32.1 Å². The molecule has 4 aromatic carbocycles. The molecule has 12 heteroatoms. The molecule has 0 atom stereocenters. The summed E-state index contributed by atoms with van der Waals surface area (Å²) in [6.07, 6.45) is 5.80. The number of nitrogens with zero attached hydrogens (tertiary/aromatic N) is 4. The molecule has 10 nitrogen and oxygen atoms in total. The van der Waals surface area contributed by atoms with Gasteiger partial charge in [0.2, 0.25) is 0 Å². The molecule has 9 rings (SSSR count). The van der Waals surface area contributed by atoms with Gasteiger partial charge in [0, 0.05) is 64.9 Å². The molecule has 60 heavy (non-hydrogen) atoms. The van der Waals surface area contributed by atoms with Crippen LogP contribution in [0.25, 0.3) is 33.0 Å². The van der Waals surface area contributed by atoms with Gasteiger partial charge in [0.25, 0.3) is 0 Å². The van der Waals surface area contributed by atoms with E-state index in [0.29, 0.717) is 19.3 Å². The molecule has 6 aromatic rings. The van der Waals surface area contributed by atoms with Crippen LogP contribution in [-0.2, 0) is 9.68 Å². The van der Waals surface area contributed by atoms with Gasteiger partial charge in [0.1, 0.15) is 0 Å². The first kappa shape index (κ1) is 41.9. The van der Waals surface area contributed by atoms with Gasteiger partial charge in [-0.1, -0.05) is 101 Å². The number of hydrogen-bond acceptors (Lipinski definition) is 8. The standard InChI is InChI=1S/C26H30BrN5O.C22H22BrN3O/c1-17-24(21-16-18(27)8-9-23(21)28-17)26-25(20-6-4-5-7-22(20)29-26)30-33-15-14-32-12-10-19(11-13-32)31(2)3;1-3-4-7-12-27-26-21-16-8-5-6-9-18(16)25-22(21)20-14(2)24-19-11-10-15(23)13-17(19)20/h4-9,16,19,29-30H,1,10-15H2,2-3H3;5-6,8-11,13,25-26H,2-4,7,12H2,1H3. The molecule has 0 saturated carbocycles. The average Bonchev–Trinajstić information content (AvgIpc) is 3.98. The molecule has 2 aromatic heterocycles. The number of fused-ring (bicyclic) bond motifs is 4. The van der Waals surface area contributed by atoms with E-state index in [2.05, 4.69) is 143 Å². The fraction of sp³-hybridized carbons (Fsp3) is 0.292. The summed E-state index contributed by atoms with van der Waals surface area (Å²) in [4.78, 5) is 33.0. The lowest BCUT2D eigenvalue weighted by atomic mass is 10.0. The first-order chi connectivity index (χ1) is 29.2. The number of aromatic amines is 2. The number of nitrogens with one attached hydrogen (secondary N) is 4.